The summed E-state index contributed by atoms with van der Waals surface area (Å²) in [5.41, 5.74) is 7.32. The third-order valence-electron chi connectivity index (χ3n) is 3.80. The van der Waals surface area contributed by atoms with Crippen LogP contribution < -0.4 is 10.5 Å². The van der Waals surface area contributed by atoms with Gasteiger partial charge in [-0.25, -0.2) is 9.59 Å². The highest BCUT2D eigenvalue weighted by Crippen LogP contribution is 2.24. The van der Waals surface area contributed by atoms with Crippen molar-refractivity contribution in [3.8, 4) is 5.75 Å². The van der Waals surface area contributed by atoms with E-state index in [1.807, 2.05) is 24.3 Å². The predicted octanol–water partition coefficient (Wildman–Crippen LogP) is 2.19. The normalized spacial score (nSPS) is 11.1. The third-order valence-corrected chi connectivity index (χ3v) is 3.80. The summed E-state index contributed by atoms with van der Waals surface area (Å²) in [6, 6.07) is 9.07. The standard InChI is InChI=1S/C19H22N2O5/c1-4-26-19(23)16(11-20)17-15(18(22)25-3)9-10-21(17)12-13-5-7-14(24-2)8-6-13/h5-11H,4,12,20H2,1-3H3. The first-order valence-electron chi connectivity index (χ1n) is 8.05. The number of nitrogens with two attached hydrogens (primary N) is 1. The first-order valence-corrected chi connectivity index (χ1v) is 8.05. The fourth-order valence-electron chi connectivity index (χ4n) is 2.56. The number of esters is 2. The highest BCUT2D eigenvalue weighted by Gasteiger charge is 2.25. The van der Waals surface area contributed by atoms with Gasteiger partial charge in [-0.15, -0.1) is 0 Å². The molecule has 0 fully saturated rings. The Morgan fingerprint density at radius 3 is 2.38 bits per heavy atom. The van der Waals surface area contributed by atoms with Gasteiger partial charge in [0.2, 0.25) is 0 Å². The van der Waals surface area contributed by atoms with Crippen molar-refractivity contribution in [3.05, 3.63) is 59.5 Å². The minimum atomic E-state index is -0.602. The number of hydrogen-bond acceptors (Lipinski definition) is 6. The van der Waals surface area contributed by atoms with Crippen molar-refractivity contribution in [3.63, 3.8) is 0 Å². The van der Waals surface area contributed by atoms with E-state index in [4.69, 9.17) is 19.9 Å². The molecule has 0 bridgehead atoms. The fourth-order valence-corrected chi connectivity index (χ4v) is 2.56. The first-order chi connectivity index (χ1) is 12.5. The van der Waals surface area contributed by atoms with Gasteiger partial charge in [0.1, 0.15) is 5.75 Å². The van der Waals surface area contributed by atoms with Gasteiger partial charge in [-0.1, -0.05) is 12.1 Å². The molecule has 7 heteroatoms. The van der Waals surface area contributed by atoms with E-state index in [1.54, 1.807) is 30.9 Å². The summed E-state index contributed by atoms with van der Waals surface area (Å²) in [5.74, 6) is -0.419. The molecule has 0 saturated heterocycles. The average molecular weight is 358 g/mol. The molecule has 0 saturated carbocycles. The highest BCUT2D eigenvalue weighted by atomic mass is 16.5. The summed E-state index contributed by atoms with van der Waals surface area (Å²) in [4.78, 5) is 24.4. The molecule has 7 nitrogen and oxygen atoms in total. The fraction of sp³-hybridized carbons (Fsp3) is 0.263. The van der Waals surface area contributed by atoms with Crippen LogP contribution >= 0.6 is 0 Å². The minimum Gasteiger partial charge on any atom is -0.497 e. The SMILES string of the molecule is CCOC(=O)C(=CN)c1c(C(=O)OC)ccn1Cc1ccc(OC)cc1. The van der Waals surface area contributed by atoms with E-state index in [1.165, 1.54) is 7.11 Å². The maximum atomic E-state index is 12.3. The van der Waals surface area contributed by atoms with Crippen LogP contribution in [0.3, 0.4) is 0 Å². The number of carbonyl (C=O) groups is 2. The van der Waals surface area contributed by atoms with Crippen LogP contribution in [0.15, 0.2) is 42.7 Å². The van der Waals surface area contributed by atoms with E-state index in [-0.39, 0.29) is 17.7 Å². The molecular weight excluding hydrogens is 336 g/mol. The molecule has 0 aliphatic rings. The van der Waals surface area contributed by atoms with E-state index >= 15 is 0 Å². The Kier molecular flexibility index (Phi) is 6.43. The van der Waals surface area contributed by atoms with E-state index in [2.05, 4.69) is 0 Å². The second-order valence-corrected chi connectivity index (χ2v) is 5.35. The number of nitrogens with zero attached hydrogens (tertiary/aromatic N) is 1. The molecule has 1 heterocycles. The van der Waals surface area contributed by atoms with Gasteiger partial charge >= 0.3 is 11.9 Å². The van der Waals surface area contributed by atoms with Crippen LogP contribution in [0, 0.1) is 0 Å². The van der Waals surface area contributed by atoms with E-state index in [0.717, 1.165) is 17.5 Å². The van der Waals surface area contributed by atoms with Crippen molar-refractivity contribution in [2.75, 3.05) is 20.8 Å². The van der Waals surface area contributed by atoms with Crippen molar-refractivity contribution in [2.45, 2.75) is 13.5 Å². The lowest BCUT2D eigenvalue weighted by Gasteiger charge is -2.13. The Labute approximate surface area is 152 Å². The average Bonchev–Trinajstić information content (AvgIpc) is 3.06. The van der Waals surface area contributed by atoms with Crippen LogP contribution in [-0.2, 0) is 20.8 Å². The second-order valence-electron chi connectivity index (χ2n) is 5.35. The van der Waals surface area contributed by atoms with Gasteiger partial charge in [0, 0.05) is 18.9 Å². The Bertz CT molecular complexity index is 806. The predicted molar refractivity (Wildman–Crippen MR) is 96.7 cm³/mol. The van der Waals surface area contributed by atoms with Crippen LogP contribution in [0.2, 0.25) is 0 Å². The molecule has 138 valence electrons. The van der Waals surface area contributed by atoms with Gasteiger partial charge in [0.25, 0.3) is 0 Å². The molecule has 1 aromatic carbocycles. The lowest BCUT2D eigenvalue weighted by molar-refractivity contribution is -0.136. The Morgan fingerprint density at radius 2 is 1.85 bits per heavy atom. The maximum absolute atomic E-state index is 12.3. The largest absolute Gasteiger partial charge is 0.497 e. The zero-order valence-electron chi connectivity index (χ0n) is 15.0. The molecule has 2 aromatic rings. The van der Waals surface area contributed by atoms with Crippen LogP contribution in [-0.4, -0.2) is 37.3 Å². The van der Waals surface area contributed by atoms with Gasteiger partial charge < -0.3 is 24.5 Å². The van der Waals surface area contributed by atoms with E-state index in [9.17, 15) is 9.59 Å². The molecule has 0 spiro atoms. The smallest absolute Gasteiger partial charge is 0.341 e. The number of rotatable bonds is 7. The summed E-state index contributed by atoms with van der Waals surface area (Å²) < 4.78 is 16.8. The van der Waals surface area contributed by atoms with Crippen molar-refractivity contribution in [2.24, 2.45) is 5.73 Å². The summed E-state index contributed by atoms with van der Waals surface area (Å²) in [7, 11) is 2.88. The number of methoxy groups -OCH3 is 2. The Morgan fingerprint density at radius 1 is 1.15 bits per heavy atom. The summed E-state index contributed by atoms with van der Waals surface area (Å²) >= 11 is 0. The zero-order valence-corrected chi connectivity index (χ0v) is 15.0. The van der Waals surface area contributed by atoms with Crippen molar-refractivity contribution in [1.82, 2.24) is 4.57 Å². The maximum Gasteiger partial charge on any atom is 0.341 e. The lowest BCUT2D eigenvalue weighted by atomic mass is 10.1. The van der Waals surface area contributed by atoms with Crippen molar-refractivity contribution < 1.29 is 23.8 Å². The molecule has 0 radical (unpaired) electrons. The highest BCUT2D eigenvalue weighted by molar-refractivity contribution is 6.18. The van der Waals surface area contributed by atoms with E-state index in [0.29, 0.717) is 12.2 Å². The molecule has 0 aliphatic carbocycles. The van der Waals surface area contributed by atoms with Crippen LogP contribution in [0.5, 0.6) is 5.75 Å². The van der Waals surface area contributed by atoms with Gasteiger partial charge in [-0.3, -0.25) is 0 Å². The van der Waals surface area contributed by atoms with Gasteiger partial charge in [-0.2, -0.15) is 0 Å². The van der Waals surface area contributed by atoms with Gasteiger partial charge in [-0.05, 0) is 30.7 Å². The number of carbonyl (C=O) groups excluding carboxylic acids is 2. The number of hydrogen-bond donors (Lipinski definition) is 1. The molecule has 2 rings (SSSR count). The first kappa shape index (κ1) is 19.1. The van der Waals surface area contributed by atoms with Crippen molar-refractivity contribution in [1.29, 1.82) is 0 Å². The van der Waals surface area contributed by atoms with Crippen LogP contribution in [0.25, 0.3) is 5.57 Å². The molecular formula is C19H22N2O5. The van der Waals surface area contributed by atoms with E-state index < -0.39 is 11.9 Å². The molecule has 0 unspecified atom stereocenters. The molecule has 0 amide bonds. The summed E-state index contributed by atoms with van der Waals surface area (Å²) in [6.07, 6.45) is 2.85. The molecule has 1 aromatic heterocycles. The molecule has 2 N–H and O–H groups in total. The Balaban J connectivity index is 2.46. The topological polar surface area (TPSA) is 92.8 Å². The second kappa shape index (κ2) is 8.75. The monoisotopic (exact) mass is 358 g/mol. The third kappa shape index (κ3) is 4.05. The van der Waals surface area contributed by atoms with Crippen molar-refractivity contribution >= 4 is 17.5 Å². The number of aromatic nitrogens is 1. The van der Waals surface area contributed by atoms with Gasteiger partial charge in [0.05, 0.1) is 37.7 Å². The summed E-state index contributed by atoms with van der Waals surface area (Å²) in [6.45, 7) is 2.32. The minimum absolute atomic E-state index is 0.103. The zero-order chi connectivity index (χ0) is 19.1. The van der Waals surface area contributed by atoms with Gasteiger partial charge in [0.15, 0.2) is 0 Å². The van der Waals surface area contributed by atoms with Crippen LogP contribution in [0.1, 0.15) is 28.5 Å². The summed E-state index contributed by atoms with van der Waals surface area (Å²) in [5, 5.41) is 0. The molecule has 0 aliphatic heterocycles. The molecule has 26 heavy (non-hydrogen) atoms. The lowest BCUT2D eigenvalue weighted by Crippen LogP contribution is -2.16. The quantitative estimate of drug-likeness (QED) is 0.602. The number of ether oxygens (including phenoxy) is 3. The Hall–Kier alpha value is -3.22. The molecule has 0 atom stereocenters. The van der Waals surface area contributed by atoms with Crippen LogP contribution in [0.4, 0.5) is 0 Å². The number of benzene rings is 1.